The molecule has 0 aliphatic carbocycles. The van der Waals surface area contributed by atoms with Crippen molar-refractivity contribution in [3.05, 3.63) is 34.6 Å². The average Bonchev–Trinajstić information content (AvgIpc) is 2.06. The van der Waals surface area contributed by atoms with Crippen LogP contribution in [0.5, 0.6) is 0 Å². The molecule has 0 saturated heterocycles. The lowest BCUT2D eigenvalue weighted by Crippen LogP contribution is -2.19. The third-order valence-electron chi connectivity index (χ3n) is 1.43. The van der Waals surface area contributed by atoms with Crippen LogP contribution >= 0.6 is 46.4 Å². The molecule has 0 saturated carbocycles. The molecule has 1 aromatic carbocycles. The van der Waals surface area contributed by atoms with Gasteiger partial charge in [0.2, 0.25) is 5.78 Å². The Morgan fingerprint density at radius 1 is 1.29 bits per heavy atom. The van der Waals surface area contributed by atoms with Crippen molar-refractivity contribution in [2.75, 3.05) is 0 Å². The maximum atomic E-state index is 12.8. The summed E-state index contributed by atoms with van der Waals surface area (Å²) in [5.74, 6) is -1.47. The fourth-order valence-corrected chi connectivity index (χ4v) is 1.33. The van der Waals surface area contributed by atoms with Crippen LogP contribution in [0.4, 0.5) is 4.39 Å². The number of carbonyl (C=O) groups excluding carboxylic acids is 1. The fourth-order valence-electron chi connectivity index (χ4n) is 0.824. The van der Waals surface area contributed by atoms with Crippen LogP contribution in [0.15, 0.2) is 18.2 Å². The molecule has 6 heteroatoms. The van der Waals surface area contributed by atoms with E-state index < -0.39 is 15.4 Å². The molecule has 14 heavy (non-hydrogen) atoms. The van der Waals surface area contributed by atoms with Crippen LogP contribution < -0.4 is 0 Å². The van der Waals surface area contributed by atoms with E-state index in [0.717, 1.165) is 12.1 Å². The summed E-state index contributed by atoms with van der Waals surface area (Å²) in [4.78, 5) is 11.4. The highest BCUT2D eigenvalue weighted by Crippen LogP contribution is 2.33. The van der Waals surface area contributed by atoms with E-state index in [0.29, 0.717) is 0 Å². The van der Waals surface area contributed by atoms with Crippen LogP contribution in [0.2, 0.25) is 5.02 Å². The van der Waals surface area contributed by atoms with Gasteiger partial charge in [-0.1, -0.05) is 46.4 Å². The van der Waals surface area contributed by atoms with Crippen molar-refractivity contribution in [1.29, 1.82) is 0 Å². The molecule has 0 heterocycles. The molecule has 0 bridgehead atoms. The highest BCUT2D eigenvalue weighted by Gasteiger charge is 2.33. The van der Waals surface area contributed by atoms with Gasteiger partial charge in [-0.2, -0.15) is 0 Å². The monoisotopic (exact) mass is 274 g/mol. The molecular weight excluding hydrogens is 273 g/mol. The van der Waals surface area contributed by atoms with E-state index in [1.807, 2.05) is 0 Å². The maximum Gasteiger partial charge on any atom is 0.253 e. The second-order valence-electron chi connectivity index (χ2n) is 2.45. The number of carbonyl (C=O) groups is 1. The largest absolute Gasteiger partial charge is 0.289 e. The maximum absolute atomic E-state index is 12.8. The average molecular weight is 276 g/mol. The fraction of sp³-hybridized carbons (Fsp3) is 0.125. The summed E-state index contributed by atoms with van der Waals surface area (Å²) in [5.41, 5.74) is -0.147. The molecule has 0 N–H and O–H groups in total. The Morgan fingerprint density at radius 3 is 2.36 bits per heavy atom. The van der Waals surface area contributed by atoms with Crippen molar-refractivity contribution >= 4 is 52.2 Å². The Morgan fingerprint density at radius 2 is 1.86 bits per heavy atom. The number of hydrogen-bond acceptors (Lipinski definition) is 1. The van der Waals surface area contributed by atoms with Crippen LogP contribution in [0.1, 0.15) is 10.4 Å². The molecule has 0 radical (unpaired) electrons. The topological polar surface area (TPSA) is 17.1 Å². The van der Waals surface area contributed by atoms with Gasteiger partial charge in [0.05, 0.1) is 5.02 Å². The SMILES string of the molecule is O=C(c1cc(F)ccc1Cl)C(Cl)(Cl)Cl. The minimum absolute atomic E-state index is 0.0442. The molecule has 1 nitrogen and oxygen atoms in total. The first kappa shape index (κ1) is 12.1. The second-order valence-corrected chi connectivity index (χ2v) is 5.14. The van der Waals surface area contributed by atoms with E-state index in [-0.39, 0.29) is 10.6 Å². The van der Waals surface area contributed by atoms with Crippen molar-refractivity contribution in [2.24, 2.45) is 0 Å². The Hall–Kier alpha value is -0.0200. The standard InChI is InChI=1S/C8H3Cl4FO/c9-6-2-1-4(13)3-5(6)7(14)8(10,11)12/h1-3H. The predicted molar refractivity (Wildman–Crippen MR) is 56.0 cm³/mol. The van der Waals surface area contributed by atoms with Gasteiger partial charge in [0.25, 0.3) is 3.79 Å². The van der Waals surface area contributed by atoms with Crippen molar-refractivity contribution in [3.8, 4) is 0 Å². The van der Waals surface area contributed by atoms with Gasteiger partial charge in [-0.3, -0.25) is 4.79 Å². The van der Waals surface area contributed by atoms with E-state index in [4.69, 9.17) is 46.4 Å². The molecule has 0 aliphatic heterocycles. The summed E-state index contributed by atoms with van der Waals surface area (Å²) < 4.78 is 10.6. The molecule has 0 fully saturated rings. The lowest BCUT2D eigenvalue weighted by atomic mass is 10.1. The Kier molecular flexibility index (Phi) is 3.64. The van der Waals surface area contributed by atoms with E-state index in [1.54, 1.807) is 0 Å². The summed E-state index contributed by atoms with van der Waals surface area (Å²) in [6.45, 7) is 0. The number of hydrogen-bond donors (Lipinski definition) is 0. The number of ketones is 1. The molecule has 0 aliphatic rings. The normalized spacial score (nSPS) is 11.5. The van der Waals surface area contributed by atoms with Crippen LogP contribution in [0, 0.1) is 5.82 Å². The molecular formula is C8H3Cl4FO. The van der Waals surface area contributed by atoms with Crippen molar-refractivity contribution in [2.45, 2.75) is 3.79 Å². The molecule has 0 atom stereocenters. The summed E-state index contributed by atoms with van der Waals surface area (Å²) in [6.07, 6.45) is 0. The number of alkyl halides is 3. The zero-order valence-electron chi connectivity index (χ0n) is 6.53. The minimum Gasteiger partial charge on any atom is -0.289 e. The zero-order chi connectivity index (χ0) is 10.9. The first-order valence-corrected chi connectivity index (χ1v) is 4.90. The summed E-state index contributed by atoms with van der Waals surface area (Å²) >= 11 is 21.7. The first-order valence-electron chi connectivity index (χ1n) is 3.39. The second kappa shape index (κ2) is 4.23. The van der Waals surface area contributed by atoms with Crippen LogP contribution in [-0.4, -0.2) is 9.58 Å². The lowest BCUT2D eigenvalue weighted by Gasteiger charge is -2.10. The highest BCUT2D eigenvalue weighted by molar-refractivity contribution is 6.77. The molecule has 0 unspecified atom stereocenters. The van der Waals surface area contributed by atoms with Gasteiger partial charge in [-0.15, -0.1) is 0 Å². The van der Waals surface area contributed by atoms with Gasteiger partial charge in [0.15, 0.2) is 0 Å². The quantitative estimate of drug-likeness (QED) is 0.559. The molecule has 76 valence electrons. The highest BCUT2D eigenvalue weighted by atomic mass is 35.6. The third kappa shape index (κ3) is 2.74. The number of Topliss-reactive ketones (excluding diaryl/α,β-unsaturated/α-hetero) is 1. The van der Waals surface area contributed by atoms with Gasteiger partial charge in [-0.25, -0.2) is 4.39 Å². The van der Waals surface area contributed by atoms with Crippen molar-refractivity contribution in [3.63, 3.8) is 0 Å². The Labute approximate surface area is 99.7 Å². The number of benzene rings is 1. The van der Waals surface area contributed by atoms with Gasteiger partial charge >= 0.3 is 0 Å². The minimum atomic E-state index is -2.13. The van der Waals surface area contributed by atoms with E-state index in [2.05, 4.69) is 0 Å². The van der Waals surface area contributed by atoms with Gasteiger partial charge in [0, 0.05) is 5.56 Å². The molecule has 0 aromatic heterocycles. The smallest absolute Gasteiger partial charge is 0.253 e. The summed E-state index contributed by atoms with van der Waals surface area (Å²) in [6, 6.07) is 3.25. The van der Waals surface area contributed by atoms with Gasteiger partial charge < -0.3 is 0 Å². The lowest BCUT2D eigenvalue weighted by molar-refractivity contribution is 0.0996. The number of rotatable bonds is 1. The van der Waals surface area contributed by atoms with Gasteiger partial charge in [0.1, 0.15) is 5.82 Å². The van der Waals surface area contributed by atoms with Crippen LogP contribution in [0.25, 0.3) is 0 Å². The van der Waals surface area contributed by atoms with Crippen molar-refractivity contribution < 1.29 is 9.18 Å². The van der Waals surface area contributed by atoms with Crippen molar-refractivity contribution in [1.82, 2.24) is 0 Å². The van der Waals surface area contributed by atoms with E-state index in [1.165, 1.54) is 6.07 Å². The van der Waals surface area contributed by atoms with E-state index in [9.17, 15) is 9.18 Å². The first-order chi connectivity index (χ1) is 6.32. The van der Waals surface area contributed by atoms with E-state index >= 15 is 0 Å². The summed E-state index contributed by atoms with van der Waals surface area (Å²) in [7, 11) is 0. The molecule has 0 spiro atoms. The predicted octanol–water partition coefficient (Wildman–Crippen LogP) is 4.03. The Bertz CT molecular complexity index is 372. The van der Waals surface area contributed by atoms with Crippen LogP contribution in [0.3, 0.4) is 0 Å². The zero-order valence-corrected chi connectivity index (χ0v) is 9.55. The molecule has 0 amide bonds. The molecule has 1 rings (SSSR count). The van der Waals surface area contributed by atoms with Crippen LogP contribution in [-0.2, 0) is 0 Å². The summed E-state index contributed by atoms with van der Waals surface area (Å²) in [5, 5.41) is 0.0442. The number of halogens is 5. The molecule has 1 aromatic rings. The Balaban J connectivity index is 3.19. The third-order valence-corrected chi connectivity index (χ3v) is 2.28. The van der Waals surface area contributed by atoms with Gasteiger partial charge in [-0.05, 0) is 18.2 Å².